The molecule has 5 heteroatoms. The van der Waals surface area contributed by atoms with E-state index in [2.05, 4.69) is 26.6 Å². The van der Waals surface area contributed by atoms with Gasteiger partial charge in [-0.15, -0.1) is 0 Å². The summed E-state index contributed by atoms with van der Waals surface area (Å²) in [6.07, 6.45) is 2.06. The van der Waals surface area contributed by atoms with Gasteiger partial charge in [-0.2, -0.15) is 5.10 Å². The SMILES string of the molecule is Cc1nc(-c2ccccc2NC2CC(N)C2)n[nH]1. The zero-order valence-electron chi connectivity index (χ0n) is 10.4. The first-order valence-electron chi connectivity index (χ1n) is 6.23. The van der Waals surface area contributed by atoms with Crippen molar-refractivity contribution in [1.82, 2.24) is 15.2 Å². The normalized spacial score (nSPS) is 22.6. The summed E-state index contributed by atoms with van der Waals surface area (Å²) in [5, 5.41) is 10.6. The third-order valence-electron chi connectivity index (χ3n) is 3.30. The van der Waals surface area contributed by atoms with Gasteiger partial charge in [0.2, 0.25) is 0 Å². The van der Waals surface area contributed by atoms with E-state index in [0.29, 0.717) is 12.1 Å². The summed E-state index contributed by atoms with van der Waals surface area (Å²) >= 11 is 0. The number of nitrogens with two attached hydrogens (primary N) is 1. The molecule has 1 aliphatic carbocycles. The Morgan fingerprint density at radius 1 is 1.33 bits per heavy atom. The van der Waals surface area contributed by atoms with Crippen molar-refractivity contribution in [3.05, 3.63) is 30.1 Å². The Kier molecular flexibility index (Phi) is 2.76. The Morgan fingerprint density at radius 2 is 2.11 bits per heavy atom. The van der Waals surface area contributed by atoms with Crippen LogP contribution in [0.4, 0.5) is 5.69 Å². The van der Waals surface area contributed by atoms with Crippen LogP contribution in [0.3, 0.4) is 0 Å². The van der Waals surface area contributed by atoms with Gasteiger partial charge in [-0.25, -0.2) is 4.98 Å². The molecule has 4 N–H and O–H groups in total. The van der Waals surface area contributed by atoms with E-state index in [1.807, 2.05) is 25.1 Å². The highest BCUT2D eigenvalue weighted by molar-refractivity contribution is 5.73. The number of hydrogen-bond donors (Lipinski definition) is 3. The molecular weight excluding hydrogens is 226 g/mol. The Morgan fingerprint density at radius 3 is 2.78 bits per heavy atom. The second-order valence-electron chi connectivity index (χ2n) is 4.86. The predicted molar refractivity (Wildman–Crippen MR) is 71.2 cm³/mol. The molecule has 0 unspecified atom stereocenters. The molecule has 1 aromatic heterocycles. The number of rotatable bonds is 3. The molecular formula is C13H17N5. The minimum atomic E-state index is 0.348. The van der Waals surface area contributed by atoms with Gasteiger partial charge in [-0.3, -0.25) is 5.10 Å². The van der Waals surface area contributed by atoms with Crippen molar-refractivity contribution in [2.75, 3.05) is 5.32 Å². The number of benzene rings is 1. The van der Waals surface area contributed by atoms with Gasteiger partial charge >= 0.3 is 0 Å². The first kappa shape index (κ1) is 11.2. The second kappa shape index (κ2) is 4.42. The van der Waals surface area contributed by atoms with Crippen LogP contribution in [0.5, 0.6) is 0 Å². The lowest BCUT2D eigenvalue weighted by Crippen LogP contribution is -2.44. The lowest BCUT2D eigenvalue weighted by molar-refractivity contribution is 0.374. The smallest absolute Gasteiger partial charge is 0.183 e. The summed E-state index contributed by atoms with van der Waals surface area (Å²) in [4.78, 5) is 4.38. The summed E-state index contributed by atoms with van der Waals surface area (Å²) in [6.45, 7) is 1.90. The zero-order valence-corrected chi connectivity index (χ0v) is 10.4. The molecule has 0 aliphatic heterocycles. The molecule has 1 saturated carbocycles. The lowest BCUT2D eigenvalue weighted by atomic mass is 9.87. The highest BCUT2D eigenvalue weighted by Crippen LogP contribution is 2.29. The van der Waals surface area contributed by atoms with Crippen LogP contribution in [0.2, 0.25) is 0 Å². The Balaban J connectivity index is 1.85. The molecule has 0 saturated heterocycles. The first-order chi connectivity index (χ1) is 8.72. The van der Waals surface area contributed by atoms with Gasteiger partial charge in [-0.05, 0) is 31.9 Å². The molecule has 0 bridgehead atoms. The predicted octanol–water partition coefficient (Wildman–Crippen LogP) is 1.68. The minimum Gasteiger partial charge on any atom is -0.382 e. The maximum atomic E-state index is 5.81. The average Bonchev–Trinajstić information content (AvgIpc) is 2.74. The summed E-state index contributed by atoms with van der Waals surface area (Å²) in [5.74, 6) is 1.56. The van der Waals surface area contributed by atoms with Crippen molar-refractivity contribution in [3.8, 4) is 11.4 Å². The zero-order chi connectivity index (χ0) is 12.5. The number of anilines is 1. The van der Waals surface area contributed by atoms with Gasteiger partial charge in [0.05, 0.1) is 0 Å². The van der Waals surface area contributed by atoms with Gasteiger partial charge in [0.15, 0.2) is 5.82 Å². The third-order valence-corrected chi connectivity index (χ3v) is 3.30. The van der Waals surface area contributed by atoms with Gasteiger partial charge in [0.1, 0.15) is 5.82 Å². The molecule has 2 aromatic rings. The van der Waals surface area contributed by atoms with Gasteiger partial charge in [0, 0.05) is 23.3 Å². The van der Waals surface area contributed by atoms with E-state index in [-0.39, 0.29) is 0 Å². The highest BCUT2D eigenvalue weighted by atomic mass is 15.2. The number of para-hydroxylation sites is 1. The fraction of sp³-hybridized carbons (Fsp3) is 0.385. The van der Waals surface area contributed by atoms with E-state index in [1.54, 1.807) is 0 Å². The van der Waals surface area contributed by atoms with Crippen molar-refractivity contribution < 1.29 is 0 Å². The van der Waals surface area contributed by atoms with Gasteiger partial charge in [0.25, 0.3) is 0 Å². The summed E-state index contributed by atoms with van der Waals surface area (Å²) < 4.78 is 0. The number of nitrogens with zero attached hydrogens (tertiary/aromatic N) is 2. The van der Waals surface area contributed by atoms with Crippen molar-refractivity contribution in [3.63, 3.8) is 0 Å². The van der Waals surface area contributed by atoms with Crippen molar-refractivity contribution in [1.29, 1.82) is 0 Å². The molecule has 94 valence electrons. The largest absolute Gasteiger partial charge is 0.382 e. The Bertz CT molecular complexity index is 542. The van der Waals surface area contributed by atoms with Crippen LogP contribution in [-0.2, 0) is 0 Å². The number of aryl methyl sites for hydroxylation is 1. The fourth-order valence-electron chi connectivity index (χ4n) is 2.27. The highest BCUT2D eigenvalue weighted by Gasteiger charge is 2.26. The molecule has 1 heterocycles. The first-order valence-corrected chi connectivity index (χ1v) is 6.23. The molecule has 1 aromatic carbocycles. The molecule has 1 aliphatic rings. The van der Waals surface area contributed by atoms with E-state index in [4.69, 9.17) is 5.73 Å². The van der Waals surface area contributed by atoms with E-state index in [9.17, 15) is 0 Å². The molecule has 0 amide bonds. The van der Waals surface area contributed by atoms with Crippen LogP contribution in [0.1, 0.15) is 18.7 Å². The maximum absolute atomic E-state index is 5.81. The molecule has 18 heavy (non-hydrogen) atoms. The van der Waals surface area contributed by atoms with Crippen LogP contribution in [-0.4, -0.2) is 27.3 Å². The van der Waals surface area contributed by atoms with Crippen LogP contribution in [0, 0.1) is 6.92 Å². The number of aromatic amines is 1. The molecule has 1 fully saturated rings. The molecule has 3 rings (SSSR count). The van der Waals surface area contributed by atoms with Crippen molar-refractivity contribution in [2.24, 2.45) is 5.73 Å². The standard InChI is InChI=1S/C13H17N5/c1-8-15-13(18-17-8)11-4-2-3-5-12(11)16-10-6-9(14)7-10/h2-5,9-10,16H,6-7,14H2,1H3,(H,15,17,18). The Labute approximate surface area is 106 Å². The van der Waals surface area contributed by atoms with Crippen LogP contribution >= 0.6 is 0 Å². The fourth-order valence-corrected chi connectivity index (χ4v) is 2.27. The van der Waals surface area contributed by atoms with Crippen molar-refractivity contribution >= 4 is 5.69 Å². The summed E-state index contributed by atoms with van der Waals surface area (Å²) in [7, 11) is 0. The average molecular weight is 243 g/mol. The second-order valence-corrected chi connectivity index (χ2v) is 4.86. The van der Waals surface area contributed by atoms with Crippen LogP contribution < -0.4 is 11.1 Å². The van der Waals surface area contributed by atoms with Crippen LogP contribution in [0.25, 0.3) is 11.4 Å². The number of H-pyrrole nitrogens is 1. The van der Waals surface area contributed by atoms with E-state index in [0.717, 1.165) is 35.7 Å². The summed E-state index contributed by atoms with van der Waals surface area (Å²) in [6, 6.07) is 8.93. The van der Waals surface area contributed by atoms with E-state index < -0.39 is 0 Å². The van der Waals surface area contributed by atoms with Gasteiger partial charge < -0.3 is 11.1 Å². The van der Waals surface area contributed by atoms with Crippen LogP contribution in [0.15, 0.2) is 24.3 Å². The van der Waals surface area contributed by atoms with Crippen molar-refractivity contribution in [2.45, 2.75) is 31.8 Å². The quantitative estimate of drug-likeness (QED) is 0.766. The lowest BCUT2D eigenvalue weighted by Gasteiger charge is -2.34. The molecule has 0 radical (unpaired) electrons. The third kappa shape index (κ3) is 2.09. The van der Waals surface area contributed by atoms with E-state index in [1.165, 1.54) is 0 Å². The molecule has 5 nitrogen and oxygen atoms in total. The number of aromatic nitrogens is 3. The molecule has 0 spiro atoms. The van der Waals surface area contributed by atoms with Gasteiger partial charge in [-0.1, -0.05) is 12.1 Å². The van der Waals surface area contributed by atoms with E-state index >= 15 is 0 Å². The minimum absolute atomic E-state index is 0.348. The Hall–Kier alpha value is -1.88. The summed E-state index contributed by atoms with van der Waals surface area (Å²) in [5.41, 5.74) is 7.91. The number of nitrogens with one attached hydrogen (secondary N) is 2. The number of hydrogen-bond acceptors (Lipinski definition) is 4. The topological polar surface area (TPSA) is 79.6 Å². The maximum Gasteiger partial charge on any atom is 0.183 e. The molecule has 0 atom stereocenters. The monoisotopic (exact) mass is 243 g/mol.